The Morgan fingerprint density at radius 2 is 0.408 bits per heavy atom. The number of unbranched alkanes of at least 4 members (excludes halogenated alkanes) is 48. The molecule has 0 spiro atoms. The normalized spacial score (nSPS) is 11.0. The van der Waals surface area contributed by atoms with Crippen LogP contribution in [0.2, 0.25) is 8.87 Å². The van der Waals surface area contributed by atoms with Gasteiger partial charge in [-0.15, -0.1) is 0 Å². The van der Waals surface area contributed by atoms with E-state index in [9.17, 15) is 19.8 Å². The van der Waals surface area contributed by atoms with Crippen LogP contribution in [0.1, 0.15) is 362 Å². The van der Waals surface area contributed by atoms with Crippen LogP contribution in [0.4, 0.5) is 0 Å². The Labute approximate surface area is 466 Å². The average Bonchev–Trinajstić information content (AvgIpc) is 3.36. The van der Waals surface area contributed by atoms with E-state index in [1.807, 2.05) is 0 Å². The molecule has 0 aliphatic rings. The van der Waals surface area contributed by atoms with E-state index in [1.54, 1.807) is 21.7 Å². The zero-order valence-corrected chi connectivity index (χ0v) is 53.4. The molecule has 71 heavy (non-hydrogen) atoms. The minimum absolute atomic E-state index is 0.0736. The van der Waals surface area contributed by atoms with Crippen LogP contribution in [0, 0.1) is 0 Å². The molecule has 0 rings (SSSR count). The van der Waals surface area contributed by atoms with Crippen molar-refractivity contribution < 1.29 is 19.8 Å². The van der Waals surface area contributed by atoms with Crippen molar-refractivity contribution in [2.45, 2.75) is 370 Å². The molecule has 4 nitrogen and oxygen atoms in total. The van der Waals surface area contributed by atoms with Crippen molar-refractivity contribution in [2.24, 2.45) is 0 Å². The van der Waals surface area contributed by atoms with E-state index in [-0.39, 0.29) is 32.6 Å². The molecular formula is C64H128O4S2Sn. The summed E-state index contributed by atoms with van der Waals surface area (Å²) < 4.78 is 3.31. The maximum absolute atomic E-state index is 10.3. The van der Waals surface area contributed by atoms with Crippen molar-refractivity contribution in [1.29, 1.82) is 0 Å². The van der Waals surface area contributed by atoms with E-state index >= 15 is 0 Å². The molecule has 0 N–H and O–H groups in total. The van der Waals surface area contributed by atoms with Gasteiger partial charge in [-0.2, -0.15) is 23.5 Å². The van der Waals surface area contributed by atoms with Gasteiger partial charge in [-0.05, 0) is 24.3 Å². The number of carboxylic acid groups (broad SMARTS) is 2. The van der Waals surface area contributed by atoms with Crippen molar-refractivity contribution in [3.8, 4) is 0 Å². The third-order valence-electron chi connectivity index (χ3n) is 14.1. The van der Waals surface area contributed by atoms with Crippen LogP contribution in [0.5, 0.6) is 0 Å². The van der Waals surface area contributed by atoms with E-state index < -0.39 is 11.9 Å². The van der Waals surface area contributed by atoms with Crippen LogP contribution in [-0.4, -0.2) is 56.1 Å². The third-order valence-corrected chi connectivity index (χ3v) is 20.2. The Bertz CT molecular complexity index is 866. The third kappa shape index (κ3) is 84.6. The van der Waals surface area contributed by atoms with Gasteiger partial charge >= 0.3 is 121 Å². The molecule has 0 bridgehead atoms. The van der Waals surface area contributed by atoms with Crippen molar-refractivity contribution in [3.63, 3.8) is 0 Å². The predicted octanol–water partition coefficient (Wildman–Crippen LogP) is 20.8. The molecular weight excluding hydrogens is 1020 g/mol. The number of carbonyl (C=O) groups is 2. The van der Waals surface area contributed by atoms with Gasteiger partial charge in [-0.1, -0.05) is 258 Å². The predicted molar refractivity (Wildman–Crippen MR) is 323 cm³/mol. The van der Waals surface area contributed by atoms with Crippen LogP contribution in [-0.2, 0) is 9.59 Å². The van der Waals surface area contributed by atoms with Gasteiger partial charge in [0, 0.05) is 11.5 Å². The molecule has 7 heteroatoms. The quantitative estimate of drug-likeness (QED) is 0.0446. The van der Waals surface area contributed by atoms with Crippen LogP contribution < -0.4 is 10.2 Å². The molecule has 424 valence electrons. The van der Waals surface area contributed by atoms with E-state index in [4.69, 9.17) is 0 Å². The van der Waals surface area contributed by atoms with Crippen molar-refractivity contribution in [2.75, 3.05) is 23.0 Å². The summed E-state index contributed by atoms with van der Waals surface area (Å²) in [4.78, 5) is 20.6. The SMILES string of the molecule is CCCCCCCCCCCCCCCCCCCCCCSCC(=O)[O-].CCCCCCCCCCCCCCCCCCCCCCSCC(=O)[O-].CCCCCCC[CH2][Sn+2][CH2]CCCCCCC. The zero-order valence-electron chi connectivity index (χ0n) is 49.0. The van der Waals surface area contributed by atoms with E-state index in [1.165, 1.54) is 332 Å². The number of hydrogen-bond acceptors (Lipinski definition) is 6. The van der Waals surface area contributed by atoms with Gasteiger partial charge in [-0.3, -0.25) is 0 Å². The summed E-state index contributed by atoms with van der Waals surface area (Å²) in [6.45, 7) is 9.18. The molecule has 0 aromatic heterocycles. The fourth-order valence-electron chi connectivity index (χ4n) is 9.42. The summed E-state index contributed by atoms with van der Waals surface area (Å²) in [6.07, 6.45) is 73.8. The summed E-state index contributed by atoms with van der Waals surface area (Å²) in [7, 11) is 0. The van der Waals surface area contributed by atoms with Gasteiger partial charge < -0.3 is 19.8 Å². The molecule has 0 unspecified atom stereocenters. The number of hydrogen-bond donors (Lipinski definition) is 0. The minimum atomic E-state index is -0.937. The summed E-state index contributed by atoms with van der Waals surface area (Å²) >= 11 is 3.05. The zero-order chi connectivity index (χ0) is 52.3. The van der Waals surface area contributed by atoms with Gasteiger partial charge in [0.05, 0.1) is 11.9 Å². The topological polar surface area (TPSA) is 80.3 Å². The van der Waals surface area contributed by atoms with Gasteiger partial charge in [0.15, 0.2) is 0 Å². The monoisotopic (exact) mass is 1140 g/mol. The number of carboxylic acids is 2. The summed E-state index contributed by atoms with van der Waals surface area (Å²) in [5.74, 6) is 0.360. The number of aliphatic carboxylic acids is 2. The van der Waals surface area contributed by atoms with Gasteiger partial charge in [-0.25, -0.2) is 0 Å². The molecule has 0 heterocycles. The maximum atomic E-state index is 10.3. The second kappa shape index (κ2) is 74.7. The molecule has 0 saturated heterocycles. The Kier molecular flexibility index (Phi) is 79.6. The molecule has 0 aromatic carbocycles. The van der Waals surface area contributed by atoms with Gasteiger partial charge in [0.1, 0.15) is 0 Å². The van der Waals surface area contributed by atoms with Crippen LogP contribution in [0.15, 0.2) is 0 Å². The second-order valence-electron chi connectivity index (χ2n) is 21.6. The van der Waals surface area contributed by atoms with E-state index in [0.29, 0.717) is 0 Å². The summed E-state index contributed by atoms with van der Waals surface area (Å²) in [5.41, 5.74) is 0. The van der Waals surface area contributed by atoms with Crippen molar-refractivity contribution in [3.05, 3.63) is 0 Å². The Hall–Kier alpha value is 0.439. The fourth-order valence-corrected chi connectivity index (χ4v) is 14.4. The summed E-state index contributed by atoms with van der Waals surface area (Å²) in [6, 6.07) is 0. The first-order valence-electron chi connectivity index (χ1n) is 32.2. The van der Waals surface area contributed by atoms with Crippen LogP contribution in [0.3, 0.4) is 0 Å². The number of thioether (sulfide) groups is 2. The van der Waals surface area contributed by atoms with E-state index in [2.05, 4.69) is 27.7 Å². The number of rotatable bonds is 60. The standard InChI is InChI=1S/2C24H48O2S.2C8H17.Sn/c2*1-2-3-4-5-6-7-8-9-10-11-12-13-14-15-16-17-18-19-20-21-22-27-23-24(25)26;2*1-3-5-7-8-6-4-2;/h2*2-23H2,1H3,(H,25,26);2*1,3-8H2,2H3;/q;;;;+2/p-2. The Morgan fingerprint density at radius 3 is 0.577 bits per heavy atom. The Morgan fingerprint density at radius 1 is 0.254 bits per heavy atom. The molecule has 0 amide bonds. The fraction of sp³-hybridized carbons (Fsp3) is 0.969. The van der Waals surface area contributed by atoms with Gasteiger partial charge in [0.25, 0.3) is 0 Å². The molecule has 0 aromatic rings. The van der Waals surface area contributed by atoms with Gasteiger partial charge in [0.2, 0.25) is 0 Å². The molecule has 0 saturated carbocycles. The first-order chi connectivity index (χ1) is 35.0. The summed E-state index contributed by atoms with van der Waals surface area (Å²) in [5, 5.41) is 20.6. The van der Waals surface area contributed by atoms with Crippen LogP contribution in [0.25, 0.3) is 0 Å². The Balaban J connectivity index is -0.00000101. The molecule has 0 atom stereocenters. The van der Waals surface area contributed by atoms with E-state index in [0.717, 1.165) is 24.3 Å². The first kappa shape index (κ1) is 75.7. The molecule has 0 radical (unpaired) electrons. The van der Waals surface area contributed by atoms with Crippen LogP contribution >= 0.6 is 23.5 Å². The molecule has 0 aliphatic heterocycles. The second-order valence-corrected chi connectivity index (χ2v) is 28.1. The molecule has 0 aliphatic carbocycles. The number of carbonyl (C=O) groups excluding carboxylic acids is 2. The average molecular weight is 1140 g/mol. The molecule has 0 fully saturated rings. The van der Waals surface area contributed by atoms with Crippen molar-refractivity contribution >= 4 is 56.6 Å². The first-order valence-corrected chi connectivity index (χ1v) is 38.6. The van der Waals surface area contributed by atoms with Crippen molar-refractivity contribution in [1.82, 2.24) is 0 Å².